The third-order valence-corrected chi connectivity index (χ3v) is 2.72. The Bertz CT molecular complexity index is 440. The average molecular weight is 235 g/mol. The Morgan fingerprint density at radius 3 is 2.65 bits per heavy atom. The van der Waals surface area contributed by atoms with Crippen LogP contribution in [0.5, 0.6) is 0 Å². The standard InChI is InChI=1S/C12H13NO4/c1-8-2-4-9(5-3-8)13-10(11(14)15)6-7-17-12(13)16/h2-5,10H,6-7H2,1H3,(H,14,15). The van der Waals surface area contributed by atoms with Gasteiger partial charge in [-0.25, -0.2) is 9.59 Å². The summed E-state index contributed by atoms with van der Waals surface area (Å²) in [7, 11) is 0. The second kappa shape index (κ2) is 4.45. The number of anilines is 1. The quantitative estimate of drug-likeness (QED) is 0.848. The summed E-state index contributed by atoms with van der Waals surface area (Å²) in [5.41, 5.74) is 1.60. The normalized spacial score (nSPS) is 19.9. The van der Waals surface area contributed by atoms with Crippen LogP contribution in [0.25, 0.3) is 0 Å². The number of carboxylic acid groups (broad SMARTS) is 1. The molecule has 17 heavy (non-hydrogen) atoms. The molecule has 5 nitrogen and oxygen atoms in total. The van der Waals surface area contributed by atoms with Gasteiger partial charge in [-0.1, -0.05) is 17.7 Å². The number of carbonyl (C=O) groups excluding carboxylic acids is 1. The molecule has 0 aliphatic carbocycles. The van der Waals surface area contributed by atoms with Crippen molar-refractivity contribution in [2.75, 3.05) is 11.5 Å². The van der Waals surface area contributed by atoms with Crippen LogP contribution in [0.2, 0.25) is 0 Å². The highest BCUT2D eigenvalue weighted by Crippen LogP contribution is 2.23. The fraction of sp³-hybridized carbons (Fsp3) is 0.333. The second-order valence-electron chi connectivity index (χ2n) is 3.96. The Hall–Kier alpha value is -2.04. The number of rotatable bonds is 2. The van der Waals surface area contributed by atoms with E-state index in [1.165, 1.54) is 4.90 Å². The first-order valence-electron chi connectivity index (χ1n) is 5.35. The molecule has 1 aromatic rings. The molecule has 0 spiro atoms. The van der Waals surface area contributed by atoms with Crippen molar-refractivity contribution in [2.24, 2.45) is 0 Å². The molecule has 2 rings (SSSR count). The van der Waals surface area contributed by atoms with Crippen molar-refractivity contribution in [3.05, 3.63) is 29.8 Å². The van der Waals surface area contributed by atoms with Crippen LogP contribution in [-0.4, -0.2) is 29.8 Å². The molecule has 1 unspecified atom stereocenters. The van der Waals surface area contributed by atoms with Crippen molar-refractivity contribution in [1.29, 1.82) is 0 Å². The number of carboxylic acids is 1. The van der Waals surface area contributed by atoms with Gasteiger partial charge in [0, 0.05) is 12.1 Å². The molecule has 90 valence electrons. The van der Waals surface area contributed by atoms with Crippen LogP contribution >= 0.6 is 0 Å². The zero-order chi connectivity index (χ0) is 12.4. The van der Waals surface area contributed by atoms with Gasteiger partial charge in [0.25, 0.3) is 0 Å². The lowest BCUT2D eigenvalue weighted by Gasteiger charge is -2.32. The fourth-order valence-corrected chi connectivity index (χ4v) is 1.81. The lowest BCUT2D eigenvalue weighted by molar-refractivity contribution is -0.139. The predicted octanol–water partition coefficient (Wildman–Crippen LogP) is 1.79. The number of amides is 1. The smallest absolute Gasteiger partial charge is 0.415 e. The third kappa shape index (κ3) is 2.22. The maximum absolute atomic E-state index is 11.6. The molecule has 1 atom stereocenters. The molecule has 1 amide bonds. The van der Waals surface area contributed by atoms with Crippen LogP contribution in [0.1, 0.15) is 12.0 Å². The monoisotopic (exact) mass is 235 g/mol. The summed E-state index contributed by atoms with van der Waals surface area (Å²) in [5.74, 6) is -1.01. The molecule has 1 aliphatic heterocycles. The summed E-state index contributed by atoms with van der Waals surface area (Å²) in [6.45, 7) is 2.07. The summed E-state index contributed by atoms with van der Waals surface area (Å²) in [4.78, 5) is 23.9. The van der Waals surface area contributed by atoms with E-state index in [1.807, 2.05) is 19.1 Å². The zero-order valence-corrected chi connectivity index (χ0v) is 9.42. The molecular formula is C12H13NO4. The van der Waals surface area contributed by atoms with Crippen LogP contribution in [0.3, 0.4) is 0 Å². The Balaban J connectivity index is 2.34. The van der Waals surface area contributed by atoms with Gasteiger partial charge in [0.1, 0.15) is 6.04 Å². The lowest BCUT2D eigenvalue weighted by Crippen LogP contribution is -2.50. The summed E-state index contributed by atoms with van der Waals surface area (Å²) >= 11 is 0. The first kappa shape index (κ1) is 11.4. The van der Waals surface area contributed by atoms with Gasteiger partial charge >= 0.3 is 12.1 Å². The van der Waals surface area contributed by atoms with E-state index < -0.39 is 18.1 Å². The van der Waals surface area contributed by atoms with Crippen molar-refractivity contribution in [3.63, 3.8) is 0 Å². The topological polar surface area (TPSA) is 66.8 Å². The highest BCUT2D eigenvalue weighted by Gasteiger charge is 2.35. The molecule has 1 saturated heterocycles. The number of hydrogen-bond acceptors (Lipinski definition) is 3. The van der Waals surface area contributed by atoms with E-state index in [1.54, 1.807) is 12.1 Å². The fourth-order valence-electron chi connectivity index (χ4n) is 1.81. The molecule has 1 heterocycles. The number of benzene rings is 1. The average Bonchev–Trinajstić information content (AvgIpc) is 2.30. The first-order chi connectivity index (χ1) is 8.09. The van der Waals surface area contributed by atoms with Crippen molar-refractivity contribution < 1.29 is 19.4 Å². The van der Waals surface area contributed by atoms with Crippen LogP contribution in [0.4, 0.5) is 10.5 Å². The van der Waals surface area contributed by atoms with Crippen LogP contribution in [0.15, 0.2) is 24.3 Å². The summed E-state index contributed by atoms with van der Waals surface area (Å²) in [5, 5.41) is 9.09. The number of aryl methyl sites for hydroxylation is 1. The van der Waals surface area contributed by atoms with Gasteiger partial charge in [-0.15, -0.1) is 0 Å². The lowest BCUT2D eigenvalue weighted by atomic mass is 10.1. The Morgan fingerprint density at radius 1 is 1.41 bits per heavy atom. The minimum atomic E-state index is -1.01. The number of cyclic esters (lactones) is 1. The predicted molar refractivity (Wildman–Crippen MR) is 61.0 cm³/mol. The molecular weight excluding hydrogens is 222 g/mol. The van der Waals surface area contributed by atoms with Crippen molar-refractivity contribution in [1.82, 2.24) is 0 Å². The number of hydrogen-bond donors (Lipinski definition) is 1. The molecule has 0 bridgehead atoms. The van der Waals surface area contributed by atoms with Crippen molar-refractivity contribution in [2.45, 2.75) is 19.4 Å². The zero-order valence-electron chi connectivity index (χ0n) is 9.42. The van der Waals surface area contributed by atoms with E-state index in [4.69, 9.17) is 9.84 Å². The summed E-state index contributed by atoms with van der Waals surface area (Å²) in [6, 6.07) is 6.25. The van der Waals surface area contributed by atoms with Crippen molar-refractivity contribution in [3.8, 4) is 0 Å². The van der Waals surface area contributed by atoms with E-state index in [0.29, 0.717) is 12.1 Å². The maximum atomic E-state index is 11.6. The molecule has 1 aromatic carbocycles. The van der Waals surface area contributed by atoms with E-state index in [-0.39, 0.29) is 6.61 Å². The molecule has 1 N–H and O–H groups in total. The van der Waals surface area contributed by atoms with E-state index in [0.717, 1.165) is 5.56 Å². The van der Waals surface area contributed by atoms with Gasteiger partial charge in [0.2, 0.25) is 0 Å². The largest absolute Gasteiger partial charge is 0.480 e. The van der Waals surface area contributed by atoms with Gasteiger partial charge in [0.15, 0.2) is 0 Å². The maximum Gasteiger partial charge on any atom is 0.415 e. The third-order valence-electron chi connectivity index (χ3n) is 2.72. The minimum absolute atomic E-state index is 0.151. The SMILES string of the molecule is Cc1ccc(N2C(=O)OCCC2C(=O)O)cc1. The molecule has 0 radical (unpaired) electrons. The molecule has 5 heteroatoms. The summed E-state index contributed by atoms with van der Waals surface area (Å²) in [6.07, 6.45) is -0.304. The van der Waals surface area contributed by atoms with Crippen LogP contribution < -0.4 is 4.90 Å². The number of carbonyl (C=O) groups is 2. The van der Waals surface area contributed by atoms with Crippen LogP contribution in [-0.2, 0) is 9.53 Å². The van der Waals surface area contributed by atoms with E-state index >= 15 is 0 Å². The van der Waals surface area contributed by atoms with Gasteiger partial charge < -0.3 is 9.84 Å². The number of ether oxygens (including phenoxy) is 1. The van der Waals surface area contributed by atoms with Crippen LogP contribution in [0, 0.1) is 6.92 Å². The Labute approximate surface area is 98.6 Å². The number of nitrogens with zero attached hydrogens (tertiary/aromatic N) is 1. The molecule has 1 aliphatic rings. The molecule has 1 fully saturated rings. The highest BCUT2D eigenvalue weighted by atomic mass is 16.6. The van der Waals surface area contributed by atoms with E-state index in [2.05, 4.69) is 0 Å². The Kier molecular flexibility index (Phi) is 2.99. The highest BCUT2D eigenvalue weighted by molar-refractivity contribution is 5.96. The molecule has 0 aromatic heterocycles. The number of aliphatic carboxylic acids is 1. The Morgan fingerprint density at radius 2 is 2.06 bits per heavy atom. The van der Waals surface area contributed by atoms with E-state index in [9.17, 15) is 9.59 Å². The molecule has 0 saturated carbocycles. The van der Waals surface area contributed by atoms with Gasteiger partial charge in [-0.3, -0.25) is 4.90 Å². The second-order valence-corrected chi connectivity index (χ2v) is 3.96. The summed E-state index contributed by atoms with van der Waals surface area (Å²) < 4.78 is 4.88. The van der Waals surface area contributed by atoms with Gasteiger partial charge in [0.05, 0.1) is 6.61 Å². The van der Waals surface area contributed by atoms with Gasteiger partial charge in [-0.05, 0) is 19.1 Å². The minimum Gasteiger partial charge on any atom is -0.480 e. The first-order valence-corrected chi connectivity index (χ1v) is 5.35. The van der Waals surface area contributed by atoms with Crippen molar-refractivity contribution >= 4 is 17.7 Å². The van der Waals surface area contributed by atoms with Gasteiger partial charge in [-0.2, -0.15) is 0 Å².